The van der Waals surface area contributed by atoms with E-state index in [-0.39, 0.29) is 5.60 Å². The largest absolute Gasteiger partial charge is 0.376 e. The van der Waals surface area contributed by atoms with E-state index in [1.165, 1.54) is 49.7 Å². The van der Waals surface area contributed by atoms with Crippen molar-refractivity contribution in [2.24, 2.45) is 5.92 Å². The molecular formula is C21H36O. The molecule has 1 heteroatoms. The van der Waals surface area contributed by atoms with E-state index in [1.54, 1.807) is 0 Å². The molecule has 0 bridgehead atoms. The van der Waals surface area contributed by atoms with Gasteiger partial charge < -0.3 is 4.74 Å². The molecule has 0 saturated carbocycles. The van der Waals surface area contributed by atoms with Crippen molar-refractivity contribution in [2.75, 3.05) is 6.61 Å². The second-order valence-corrected chi connectivity index (χ2v) is 7.25. The molecular weight excluding hydrogens is 268 g/mol. The highest BCUT2D eigenvalue weighted by atomic mass is 16.5. The second-order valence-electron chi connectivity index (χ2n) is 7.25. The summed E-state index contributed by atoms with van der Waals surface area (Å²) >= 11 is 0. The van der Waals surface area contributed by atoms with Gasteiger partial charge >= 0.3 is 0 Å². The maximum Gasteiger partial charge on any atom is 0.0626 e. The topological polar surface area (TPSA) is 9.23 Å². The lowest BCUT2D eigenvalue weighted by Crippen LogP contribution is -2.24. The van der Waals surface area contributed by atoms with Crippen LogP contribution in [0.3, 0.4) is 0 Å². The van der Waals surface area contributed by atoms with Gasteiger partial charge in [0, 0.05) is 6.61 Å². The van der Waals surface area contributed by atoms with Crippen LogP contribution < -0.4 is 0 Å². The summed E-state index contributed by atoms with van der Waals surface area (Å²) in [6.45, 7) is 11.9. The Morgan fingerprint density at radius 3 is 2.14 bits per heavy atom. The van der Waals surface area contributed by atoms with E-state index < -0.39 is 0 Å². The normalized spacial score (nSPS) is 13.3. The van der Waals surface area contributed by atoms with E-state index in [0.717, 1.165) is 18.9 Å². The first-order chi connectivity index (χ1) is 10.5. The number of rotatable bonds is 11. The Kier molecular flexibility index (Phi) is 8.78. The van der Waals surface area contributed by atoms with Gasteiger partial charge in [-0.05, 0) is 63.5 Å². The van der Waals surface area contributed by atoms with E-state index in [9.17, 15) is 0 Å². The van der Waals surface area contributed by atoms with Crippen LogP contribution in [0.1, 0.15) is 77.8 Å². The standard InChI is InChI=1S/C21H36O/c1-6-19-13-15-20(16-14-19)12-8-10-18(3)11-9-17-21(4,5)22-7-2/h13-16,18H,6-12,17H2,1-5H3. The van der Waals surface area contributed by atoms with Crippen molar-refractivity contribution in [1.29, 1.82) is 0 Å². The molecule has 1 aromatic rings. The predicted octanol–water partition coefficient (Wildman–Crippen LogP) is 6.19. The zero-order valence-electron chi connectivity index (χ0n) is 15.5. The molecule has 0 N–H and O–H groups in total. The lowest BCUT2D eigenvalue weighted by atomic mass is 9.93. The Hall–Kier alpha value is -0.820. The minimum Gasteiger partial charge on any atom is -0.376 e. The van der Waals surface area contributed by atoms with Crippen molar-refractivity contribution in [3.63, 3.8) is 0 Å². The Balaban J connectivity index is 2.16. The molecule has 1 nitrogen and oxygen atoms in total. The molecule has 0 fully saturated rings. The molecule has 1 atom stereocenters. The average molecular weight is 305 g/mol. The maximum atomic E-state index is 5.77. The van der Waals surface area contributed by atoms with Crippen LogP contribution in [0, 0.1) is 5.92 Å². The molecule has 126 valence electrons. The first-order valence-corrected chi connectivity index (χ1v) is 9.18. The van der Waals surface area contributed by atoms with Gasteiger partial charge in [0.15, 0.2) is 0 Å². The third-order valence-corrected chi connectivity index (χ3v) is 4.60. The maximum absolute atomic E-state index is 5.77. The quantitative estimate of drug-likeness (QED) is 0.473. The summed E-state index contributed by atoms with van der Waals surface area (Å²) in [5, 5.41) is 0. The Morgan fingerprint density at radius 1 is 0.955 bits per heavy atom. The van der Waals surface area contributed by atoms with Crippen LogP contribution in [-0.4, -0.2) is 12.2 Å². The van der Waals surface area contributed by atoms with Crippen LogP contribution >= 0.6 is 0 Å². The molecule has 1 rings (SSSR count). The van der Waals surface area contributed by atoms with Crippen molar-refractivity contribution in [2.45, 2.75) is 85.2 Å². The Morgan fingerprint density at radius 2 is 1.55 bits per heavy atom. The average Bonchev–Trinajstić information content (AvgIpc) is 2.47. The lowest BCUT2D eigenvalue weighted by Gasteiger charge is -2.25. The Bertz CT molecular complexity index is 391. The van der Waals surface area contributed by atoms with Gasteiger partial charge in [-0.2, -0.15) is 0 Å². The van der Waals surface area contributed by atoms with Crippen molar-refractivity contribution >= 4 is 0 Å². The zero-order valence-corrected chi connectivity index (χ0v) is 15.5. The third-order valence-electron chi connectivity index (χ3n) is 4.60. The summed E-state index contributed by atoms with van der Waals surface area (Å²) in [5.74, 6) is 0.826. The van der Waals surface area contributed by atoms with Crippen LogP contribution in [0.2, 0.25) is 0 Å². The van der Waals surface area contributed by atoms with Crippen LogP contribution in [0.25, 0.3) is 0 Å². The van der Waals surface area contributed by atoms with Crippen LogP contribution in [0.15, 0.2) is 24.3 Å². The summed E-state index contributed by atoms with van der Waals surface area (Å²) in [7, 11) is 0. The lowest BCUT2D eigenvalue weighted by molar-refractivity contribution is -0.0183. The van der Waals surface area contributed by atoms with Gasteiger partial charge in [0.25, 0.3) is 0 Å². The monoisotopic (exact) mass is 304 g/mol. The molecule has 1 unspecified atom stereocenters. The van der Waals surface area contributed by atoms with Crippen molar-refractivity contribution in [3.8, 4) is 0 Å². The number of aryl methyl sites for hydroxylation is 2. The number of hydrogen-bond donors (Lipinski definition) is 0. The van der Waals surface area contributed by atoms with Crippen molar-refractivity contribution in [3.05, 3.63) is 35.4 Å². The van der Waals surface area contributed by atoms with Gasteiger partial charge in [-0.25, -0.2) is 0 Å². The number of hydrogen-bond acceptors (Lipinski definition) is 1. The highest BCUT2D eigenvalue weighted by molar-refractivity contribution is 5.22. The SMILES string of the molecule is CCOC(C)(C)CCCC(C)CCCc1ccc(CC)cc1. The molecule has 0 aliphatic rings. The van der Waals surface area contributed by atoms with E-state index in [1.807, 2.05) is 0 Å². The van der Waals surface area contributed by atoms with Crippen molar-refractivity contribution < 1.29 is 4.74 Å². The highest BCUT2D eigenvalue weighted by Crippen LogP contribution is 2.22. The fourth-order valence-corrected chi connectivity index (χ4v) is 3.08. The van der Waals surface area contributed by atoms with Crippen LogP contribution in [0.5, 0.6) is 0 Å². The smallest absolute Gasteiger partial charge is 0.0626 e. The van der Waals surface area contributed by atoms with Gasteiger partial charge in [0.1, 0.15) is 0 Å². The first kappa shape index (κ1) is 19.2. The molecule has 0 amide bonds. The van der Waals surface area contributed by atoms with Gasteiger partial charge in [0.2, 0.25) is 0 Å². The fourth-order valence-electron chi connectivity index (χ4n) is 3.08. The molecule has 0 radical (unpaired) electrons. The molecule has 0 aliphatic heterocycles. The van der Waals surface area contributed by atoms with Crippen LogP contribution in [0.4, 0.5) is 0 Å². The van der Waals surface area contributed by atoms with Crippen LogP contribution in [-0.2, 0) is 17.6 Å². The first-order valence-electron chi connectivity index (χ1n) is 9.18. The minimum absolute atomic E-state index is 0.0511. The van der Waals surface area contributed by atoms with Gasteiger partial charge in [-0.1, -0.05) is 57.4 Å². The van der Waals surface area contributed by atoms with E-state index in [4.69, 9.17) is 4.74 Å². The third kappa shape index (κ3) is 7.98. The van der Waals surface area contributed by atoms with Gasteiger partial charge in [-0.3, -0.25) is 0 Å². The molecule has 0 spiro atoms. The molecule has 0 saturated heterocycles. The van der Waals surface area contributed by atoms with E-state index >= 15 is 0 Å². The summed E-state index contributed by atoms with van der Waals surface area (Å²) in [6, 6.07) is 9.14. The summed E-state index contributed by atoms with van der Waals surface area (Å²) < 4.78 is 5.77. The molecule has 0 heterocycles. The highest BCUT2D eigenvalue weighted by Gasteiger charge is 2.17. The van der Waals surface area contributed by atoms with Gasteiger partial charge in [0.05, 0.1) is 5.60 Å². The summed E-state index contributed by atoms with van der Waals surface area (Å²) in [4.78, 5) is 0. The molecule has 0 aromatic heterocycles. The van der Waals surface area contributed by atoms with Crippen molar-refractivity contribution in [1.82, 2.24) is 0 Å². The molecule has 0 aliphatic carbocycles. The predicted molar refractivity (Wildman–Crippen MR) is 97.5 cm³/mol. The van der Waals surface area contributed by atoms with Gasteiger partial charge in [-0.15, -0.1) is 0 Å². The minimum atomic E-state index is 0.0511. The molecule has 22 heavy (non-hydrogen) atoms. The Labute approximate surface area is 138 Å². The number of benzene rings is 1. The fraction of sp³-hybridized carbons (Fsp3) is 0.714. The summed E-state index contributed by atoms with van der Waals surface area (Å²) in [5.41, 5.74) is 2.98. The summed E-state index contributed by atoms with van der Waals surface area (Å²) in [6.07, 6.45) is 8.77. The van der Waals surface area contributed by atoms with E-state index in [2.05, 4.69) is 58.9 Å². The number of ether oxygens (including phenoxy) is 1. The van der Waals surface area contributed by atoms with E-state index in [0.29, 0.717) is 0 Å². The zero-order chi connectivity index (χ0) is 16.4. The molecule has 1 aromatic carbocycles. The second kappa shape index (κ2) is 10.0.